The molecule has 1 aromatic rings. The number of carbonyl (C=O) groups is 2. The summed E-state index contributed by atoms with van der Waals surface area (Å²) in [5.41, 5.74) is 7.11. The fraction of sp³-hybridized carbons (Fsp3) is 0.462. The Balaban J connectivity index is 1.80. The van der Waals surface area contributed by atoms with Crippen LogP contribution in [-0.4, -0.2) is 29.4 Å². The topological polar surface area (TPSA) is 97.1 Å². The van der Waals surface area contributed by atoms with Gasteiger partial charge in [-0.25, -0.2) is 0 Å². The first-order valence-corrected chi connectivity index (χ1v) is 6.36. The van der Waals surface area contributed by atoms with Crippen LogP contribution in [0.3, 0.4) is 0 Å². The Morgan fingerprint density at radius 3 is 2.89 bits per heavy atom. The largest absolute Gasteiger partial charge is 0.397 e. The van der Waals surface area contributed by atoms with Crippen molar-refractivity contribution < 1.29 is 9.59 Å². The van der Waals surface area contributed by atoms with E-state index in [-0.39, 0.29) is 18.2 Å². The molecular weight excluding hydrogens is 244 g/mol. The van der Waals surface area contributed by atoms with Crippen LogP contribution in [0.15, 0.2) is 12.3 Å². The van der Waals surface area contributed by atoms with Crippen LogP contribution in [0.2, 0.25) is 0 Å². The zero-order valence-electron chi connectivity index (χ0n) is 10.9. The van der Waals surface area contributed by atoms with Crippen LogP contribution in [0.4, 0.5) is 5.69 Å². The van der Waals surface area contributed by atoms with Gasteiger partial charge in [-0.15, -0.1) is 0 Å². The second-order valence-electron chi connectivity index (χ2n) is 4.75. The molecule has 4 N–H and O–H groups in total. The molecule has 1 fully saturated rings. The van der Waals surface area contributed by atoms with E-state index in [0.29, 0.717) is 29.5 Å². The highest BCUT2D eigenvalue weighted by Gasteiger charge is 2.22. The molecule has 6 nitrogen and oxygen atoms in total. The molecule has 1 aliphatic carbocycles. The average molecular weight is 262 g/mol. The number of aromatic nitrogens is 1. The van der Waals surface area contributed by atoms with Gasteiger partial charge in [0.15, 0.2) is 0 Å². The Hall–Kier alpha value is -2.11. The van der Waals surface area contributed by atoms with Gasteiger partial charge in [0, 0.05) is 19.0 Å². The maximum atomic E-state index is 11.9. The van der Waals surface area contributed by atoms with Crippen LogP contribution in [0.1, 0.15) is 35.3 Å². The van der Waals surface area contributed by atoms with Crippen LogP contribution in [0.25, 0.3) is 0 Å². The quantitative estimate of drug-likeness (QED) is 0.714. The van der Waals surface area contributed by atoms with E-state index in [1.54, 1.807) is 13.0 Å². The number of pyridine rings is 1. The molecule has 0 aromatic carbocycles. The van der Waals surface area contributed by atoms with Gasteiger partial charge in [0.2, 0.25) is 5.91 Å². The third-order valence-corrected chi connectivity index (χ3v) is 2.93. The van der Waals surface area contributed by atoms with E-state index in [9.17, 15) is 9.59 Å². The van der Waals surface area contributed by atoms with Crippen LogP contribution in [0.5, 0.6) is 0 Å². The first-order valence-electron chi connectivity index (χ1n) is 6.36. The number of amides is 2. The van der Waals surface area contributed by atoms with E-state index in [1.807, 2.05) is 0 Å². The van der Waals surface area contributed by atoms with Crippen molar-refractivity contribution in [3.8, 4) is 0 Å². The van der Waals surface area contributed by atoms with Gasteiger partial charge in [0.1, 0.15) is 0 Å². The standard InChI is InChI=1S/C13H18N4O2/c1-8-11(6-9(14)7-16-8)13(19)15-5-4-12(18)17-10-2-3-10/h6-7,10H,2-5,14H2,1H3,(H,15,19)(H,17,18). The number of carbonyl (C=O) groups excluding carboxylic acids is 2. The van der Waals surface area contributed by atoms with E-state index >= 15 is 0 Å². The summed E-state index contributed by atoms with van der Waals surface area (Å²) < 4.78 is 0. The minimum Gasteiger partial charge on any atom is -0.397 e. The van der Waals surface area contributed by atoms with E-state index in [4.69, 9.17) is 5.73 Å². The van der Waals surface area contributed by atoms with E-state index in [2.05, 4.69) is 15.6 Å². The summed E-state index contributed by atoms with van der Waals surface area (Å²) in [6.07, 6.45) is 3.92. The Morgan fingerprint density at radius 1 is 1.47 bits per heavy atom. The number of nitrogens with two attached hydrogens (primary N) is 1. The van der Waals surface area contributed by atoms with Gasteiger partial charge in [-0.3, -0.25) is 14.6 Å². The van der Waals surface area contributed by atoms with Gasteiger partial charge in [0.05, 0.1) is 23.1 Å². The second kappa shape index (κ2) is 5.69. The lowest BCUT2D eigenvalue weighted by atomic mass is 10.2. The van der Waals surface area contributed by atoms with Gasteiger partial charge < -0.3 is 16.4 Å². The Kier molecular flexibility index (Phi) is 3.99. The van der Waals surface area contributed by atoms with Crippen molar-refractivity contribution in [1.29, 1.82) is 0 Å². The molecule has 0 radical (unpaired) electrons. The van der Waals surface area contributed by atoms with Gasteiger partial charge in [-0.05, 0) is 25.8 Å². The number of nitrogens with one attached hydrogen (secondary N) is 2. The fourth-order valence-electron chi connectivity index (χ4n) is 1.69. The lowest BCUT2D eigenvalue weighted by Gasteiger charge is -2.08. The molecule has 0 spiro atoms. The molecule has 1 aliphatic rings. The highest BCUT2D eigenvalue weighted by molar-refractivity contribution is 5.96. The summed E-state index contributed by atoms with van der Waals surface area (Å²) in [5, 5.41) is 5.56. The van der Waals surface area contributed by atoms with Gasteiger partial charge in [-0.1, -0.05) is 0 Å². The Labute approximate surface area is 111 Å². The third kappa shape index (κ3) is 3.94. The zero-order chi connectivity index (χ0) is 13.8. The minimum atomic E-state index is -0.253. The lowest BCUT2D eigenvalue weighted by Crippen LogP contribution is -2.32. The maximum absolute atomic E-state index is 11.9. The number of hydrogen-bond donors (Lipinski definition) is 3. The summed E-state index contributed by atoms with van der Waals surface area (Å²) in [5.74, 6) is -0.276. The first-order chi connectivity index (χ1) is 9.06. The third-order valence-electron chi connectivity index (χ3n) is 2.93. The molecule has 6 heteroatoms. The molecule has 102 valence electrons. The molecule has 2 amide bonds. The second-order valence-corrected chi connectivity index (χ2v) is 4.75. The molecule has 0 aliphatic heterocycles. The van der Waals surface area contributed by atoms with Gasteiger partial charge >= 0.3 is 0 Å². The van der Waals surface area contributed by atoms with E-state index in [0.717, 1.165) is 12.8 Å². The van der Waals surface area contributed by atoms with Crippen molar-refractivity contribution in [2.24, 2.45) is 0 Å². The molecule has 0 saturated heterocycles. The normalized spacial score (nSPS) is 13.9. The molecule has 2 rings (SSSR count). The molecule has 1 saturated carbocycles. The molecular formula is C13H18N4O2. The predicted molar refractivity (Wildman–Crippen MR) is 71.5 cm³/mol. The highest BCUT2D eigenvalue weighted by atomic mass is 16.2. The van der Waals surface area contributed by atoms with Gasteiger partial charge in [-0.2, -0.15) is 0 Å². The SMILES string of the molecule is Cc1ncc(N)cc1C(=O)NCCC(=O)NC1CC1. The monoisotopic (exact) mass is 262 g/mol. The Bertz CT molecular complexity index is 497. The van der Waals surface area contributed by atoms with E-state index < -0.39 is 0 Å². The fourth-order valence-corrected chi connectivity index (χ4v) is 1.69. The highest BCUT2D eigenvalue weighted by Crippen LogP contribution is 2.18. The number of anilines is 1. The zero-order valence-corrected chi connectivity index (χ0v) is 10.9. The summed E-state index contributed by atoms with van der Waals surface area (Å²) in [7, 11) is 0. The van der Waals surface area contributed by atoms with Crippen molar-refractivity contribution in [2.45, 2.75) is 32.2 Å². The minimum absolute atomic E-state index is 0.0229. The van der Waals surface area contributed by atoms with Crippen LogP contribution >= 0.6 is 0 Å². The van der Waals surface area contributed by atoms with E-state index in [1.165, 1.54) is 6.20 Å². The molecule has 0 bridgehead atoms. The predicted octanol–water partition coefficient (Wildman–Crippen LogP) is 0.371. The van der Waals surface area contributed by atoms with Crippen molar-refractivity contribution in [2.75, 3.05) is 12.3 Å². The van der Waals surface area contributed by atoms with Crippen molar-refractivity contribution in [3.05, 3.63) is 23.5 Å². The van der Waals surface area contributed by atoms with Crippen LogP contribution in [0, 0.1) is 6.92 Å². The lowest BCUT2D eigenvalue weighted by molar-refractivity contribution is -0.121. The summed E-state index contributed by atoms with van der Waals surface area (Å²) in [4.78, 5) is 27.4. The van der Waals surface area contributed by atoms with Crippen molar-refractivity contribution in [1.82, 2.24) is 15.6 Å². The van der Waals surface area contributed by atoms with Crippen molar-refractivity contribution in [3.63, 3.8) is 0 Å². The van der Waals surface area contributed by atoms with Crippen LogP contribution in [-0.2, 0) is 4.79 Å². The maximum Gasteiger partial charge on any atom is 0.253 e. The smallest absolute Gasteiger partial charge is 0.253 e. The van der Waals surface area contributed by atoms with Gasteiger partial charge in [0.25, 0.3) is 5.91 Å². The average Bonchev–Trinajstić information content (AvgIpc) is 3.16. The number of rotatable bonds is 5. The summed E-state index contributed by atoms with van der Waals surface area (Å²) >= 11 is 0. The number of aryl methyl sites for hydroxylation is 1. The van der Waals surface area contributed by atoms with Crippen LogP contribution < -0.4 is 16.4 Å². The molecule has 0 atom stereocenters. The number of hydrogen-bond acceptors (Lipinski definition) is 4. The molecule has 0 unspecified atom stereocenters. The molecule has 1 heterocycles. The summed E-state index contributed by atoms with van der Waals surface area (Å²) in [6.45, 7) is 2.06. The summed E-state index contributed by atoms with van der Waals surface area (Å²) in [6, 6.07) is 1.94. The molecule has 19 heavy (non-hydrogen) atoms. The van der Waals surface area contributed by atoms with Crippen molar-refractivity contribution >= 4 is 17.5 Å². The molecule has 1 aromatic heterocycles. The number of nitrogens with zero attached hydrogens (tertiary/aromatic N) is 1. The Morgan fingerprint density at radius 2 is 2.21 bits per heavy atom. The number of nitrogen functional groups attached to an aromatic ring is 1. The first kappa shape index (κ1) is 13.3.